The molecule has 1 aromatic carbocycles. The van der Waals surface area contributed by atoms with Crippen LogP contribution in [-0.2, 0) is 0 Å². The highest BCUT2D eigenvalue weighted by Crippen LogP contribution is 2.33. The fourth-order valence-electron chi connectivity index (χ4n) is 3.22. The van der Waals surface area contributed by atoms with Gasteiger partial charge in [-0.25, -0.2) is 0 Å². The van der Waals surface area contributed by atoms with Gasteiger partial charge in [0.15, 0.2) is 5.72 Å². The lowest BCUT2D eigenvalue weighted by Gasteiger charge is -2.44. The molecular weight excluding hydrogens is 306 g/mol. The molecule has 2 aliphatic rings. The number of carbonyl (C=O) groups excluding carboxylic acids is 2. The standard InChI is InChI=1S/C18H17N3O3/c22-16-14-5-1-2-6-15(14)24-18(20-16)7-10-21(11-8-18)17(23)13-4-3-9-19-12-13/h1-6,9,12H,7-8,10-11H2,(H,20,22). The molecule has 2 amide bonds. The fraction of sp³-hybridized carbons (Fsp3) is 0.278. The van der Waals surface area contributed by atoms with Crippen LogP contribution >= 0.6 is 0 Å². The largest absolute Gasteiger partial charge is 0.467 e. The number of benzene rings is 1. The maximum Gasteiger partial charge on any atom is 0.258 e. The van der Waals surface area contributed by atoms with Gasteiger partial charge in [-0.3, -0.25) is 14.6 Å². The van der Waals surface area contributed by atoms with Gasteiger partial charge < -0.3 is 15.0 Å². The number of likely N-dealkylation sites (tertiary alicyclic amines) is 1. The summed E-state index contributed by atoms with van der Waals surface area (Å²) >= 11 is 0. The van der Waals surface area contributed by atoms with Crippen LogP contribution in [0.3, 0.4) is 0 Å². The molecule has 3 heterocycles. The molecule has 6 nitrogen and oxygen atoms in total. The third-order valence-corrected chi connectivity index (χ3v) is 4.55. The van der Waals surface area contributed by atoms with E-state index in [1.807, 2.05) is 18.2 Å². The van der Waals surface area contributed by atoms with Crippen LogP contribution in [0.4, 0.5) is 0 Å². The maximum absolute atomic E-state index is 12.5. The van der Waals surface area contributed by atoms with Crippen LogP contribution in [0, 0.1) is 0 Å². The van der Waals surface area contributed by atoms with E-state index in [0.717, 1.165) is 0 Å². The zero-order valence-corrected chi connectivity index (χ0v) is 13.1. The SMILES string of the molecule is O=C1NC2(CCN(C(=O)c3cccnc3)CC2)Oc2ccccc21. The topological polar surface area (TPSA) is 71.5 Å². The Morgan fingerprint density at radius 2 is 1.96 bits per heavy atom. The summed E-state index contributed by atoms with van der Waals surface area (Å²) in [5, 5.41) is 2.98. The zero-order chi connectivity index (χ0) is 16.6. The molecule has 0 atom stereocenters. The van der Waals surface area contributed by atoms with Gasteiger partial charge in [0.25, 0.3) is 11.8 Å². The molecule has 0 bridgehead atoms. The van der Waals surface area contributed by atoms with Crippen LogP contribution in [-0.4, -0.2) is 40.5 Å². The molecular formula is C18H17N3O3. The number of hydrogen-bond donors (Lipinski definition) is 1. The molecule has 1 aromatic heterocycles. The number of para-hydroxylation sites is 1. The number of pyridine rings is 1. The summed E-state index contributed by atoms with van der Waals surface area (Å²) in [7, 11) is 0. The van der Waals surface area contributed by atoms with Crippen molar-refractivity contribution < 1.29 is 14.3 Å². The van der Waals surface area contributed by atoms with E-state index in [1.54, 1.807) is 35.5 Å². The van der Waals surface area contributed by atoms with E-state index in [4.69, 9.17) is 4.74 Å². The molecule has 0 radical (unpaired) electrons. The number of carbonyl (C=O) groups is 2. The minimum Gasteiger partial charge on any atom is -0.467 e. The van der Waals surface area contributed by atoms with E-state index in [0.29, 0.717) is 42.8 Å². The second kappa shape index (κ2) is 5.63. The zero-order valence-electron chi connectivity index (χ0n) is 13.1. The molecule has 0 saturated carbocycles. The minimum absolute atomic E-state index is 0.0412. The second-order valence-corrected chi connectivity index (χ2v) is 6.08. The van der Waals surface area contributed by atoms with Gasteiger partial charge >= 0.3 is 0 Å². The average molecular weight is 323 g/mol. The van der Waals surface area contributed by atoms with Crippen molar-refractivity contribution in [1.29, 1.82) is 0 Å². The lowest BCUT2D eigenvalue weighted by atomic mass is 9.96. The number of ether oxygens (including phenoxy) is 1. The maximum atomic E-state index is 12.5. The van der Waals surface area contributed by atoms with Gasteiger partial charge in [-0.05, 0) is 24.3 Å². The first-order chi connectivity index (χ1) is 11.7. The van der Waals surface area contributed by atoms with Crippen molar-refractivity contribution >= 4 is 11.8 Å². The van der Waals surface area contributed by atoms with Gasteiger partial charge in [-0.1, -0.05) is 12.1 Å². The highest BCUT2D eigenvalue weighted by molar-refractivity contribution is 5.98. The number of amides is 2. The van der Waals surface area contributed by atoms with E-state index in [1.165, 1.54) is 0 Å². The summed E-state index contributed by atoms with van der Waals surface area (Å²) in [5.74, 6) is 0.442. The van der Waals surface area contributed by atoms with Crippen molar-refractivity contribution in [2.75, 3.05) is 13.1 Å². The van der Waals surface area contributed by atoms with Crippen LogP contribution in [0.5, 0.6) is 5.75 Å². The van der Waals surface area contributed by atoms with Crippen molar-refractivity contribution in [2.24, 2.45) is 0 Å². The molecule has 1 fully saturated rings. The van der Waals surface area contributed by atoms with Crippen molar-refractivity contribution in [3.8, 4) is 5.75 Å². The number of rotatable bonds is 1. The summed E-state index contributed by atoms with van der Waals surface area (Å²) in [5.41, 5.74) is 0.404. The molecule has 2 aromatic rings. The average Bonchev–Trinajstić information content (AvgIpc) is 2.62. The number of hydrogen-bond acceptors (Lipinski definition) is 4. The predicted molar refractivity (Wildman–Crippen MR) is 86.6 cm³/mol. The van der Waals surface area contributed by atoms with Crippen molar-refractivity contribution in [3.05, 3.63) is 59.9 Å². The normalized spacial score (nSPS) is 18.5. The third kappa shape index (κ3) is 2.50. The number of nitrogens with zero attached hydrogens (tertiary/aromatic N) is 2. The number of piperidine rings is 1. The molecule has 0 unspecified atom stereocenters. The Morgan fingerprint density at radius 3 is 2.71 bits per heavy atom. The molecule has 1 saturated heterocycles. The third-order valence-electron chi connectivity index (χ3n) is 4.55. The number of nitrogens with one attached hydrogen (secondary N) is 1. The summed E-state index contributed by atoms with van der Waals surface area (Å²) < 4.78 is 6.08. The quantitative estimate of drug-likeness (QED) is 0.869. The molecule has 1 spiro atoms. The molecule has 24 heavy (non-hydrogen) atoms. The highest BCUT2D eigenvalue weighted by atomic mass is 16.5. The Balaban J connectivity index is 1.49. The Bertz CT molecular complexity index is 783. The summed E-state index contributed by atoms with van der Waals surface area (Å²) in [6, 6.07) is 10.7. The Hall–Kier alpha value is -2.89. The fourth-order valence-corrected chi connectivity index (χ4v) is 3.22. The van der Waals surface area contributed by atoms with E-state index in [2.05, 4.69) is 10.3 Å². The minimum atomic E-state index is -0.725. The Kier molecular flexibility index (Phi) is 3.45. The van der Waals surface area contributed by atoms with Gasteiger partial charge in [-0.2, -0.15) is 0 Å². The van der Waals surface area contributed by atoms with Gasteiger partial charge in [0.05, 0.1) is 11.1 Å². The van der Waals surface area contributed by atoms with Gasteiger partial charge in [-0.15, -0.1) is 0 Å². The Morgan fingerprint density at radius 1 is 1.17 bits per heavy atom. The first kappa shape index (κ1) is 14.7. The van der Waals surface area contributed by atoms with Crippen molar-refractivity contribution in [2.45, 2.75) is 18.6 Å². The molecule has 1 N–H and O–H groups in total. The highest BCUT2D eigenvalue weighted by Gasteiger charge is 2.43. The van der Waals surface area contributed by atoms with Gasteiger partial charge in [0.1, 0.15) is 5.75 Å². The summed E-state index contributed by atoms with van der Waals surface area (Å²) in [4.78, 5) is 30.6. The van der Waals surface area contributed by atoms with Crippen LogP contribution in [0.2, 0.25) is 0 Å². The predicted octanol–water partition coefficient (Wildman–Crippen LogP) is 1.84. The van der Waals surface area contributed by atoms with E-state index < -0.39 is 5.72 Å². The van der Waals surface area contributed by atoms with Gasteiger partial charge in [0, 0.05) is 38.3 Å². The molecule has 2 aliphatic heterocycles. The summed E-state index contributed by atoms with van der Waals surface area (Å²) in [6.45, 7) is 1.05. The Labute approximate surface area is 139 Å². The van der Waals surface area contributed by atoms with E-state index in [9.17, 15) is 9.59 Å². The van der Waals surface area contributed by atoms with Crippen LogP contribution in [0.1, 0.15) is 33.6 Å². The van der Waals surface area contributed by atoms with Crippen LogP contribution in [0.25, 0.3) is 0 Å². The van der Waals surface area contributed by atoms with Crippen molar-refractivity contribution in [3.63, 3.8) is 0 Å². The lowest BCUT2D eigenvalue weighted by Crippen LogP contribution is -2.61. The monoisotopic (exact) mass is 323 g/mol. The molecule has 122 valence electrons. The molecule has 4 rings (SSSR count). The lowest BCUT2D eigenvalue weighted by molar-refractivity contribution is -0.0245. The van der Waals surface area contributed by atoms with Crippen LogP contribution in [0.15, 0.2) is 48.8 Å². The van der Waals surface area contributed by atoms with Crippen LogP contribution < -0.4 is 10.1 Å². The van der Waals surface area contributed by atoms with E-state index >= 15 is 0 Å². The van der Waals surface area contributed by atoms with Gasteiger partial charge in [0.2, 0.25) is 0 Å². The number of fused-ring (bicyclic) bond motifs is 1. The molecule has 6 heteroatoms. The smallest absolute Gasteiger partial charge is 0.258 e. The second-order valence-electron chi connectivity index (χ2n) is 6.08. The summed E-state index contributed by atoms with van der Waals surface area (Å²) in [6.07, 6.45) is 4.32. The number of aromatic nitrogens is 1. The first-order valence-electron chi connectivity index (χ1n) is 7.97. The van der Waals surface area contributed by atoms with Crippen molar-refractivity contribution in [1.82, 2.24) is 15.2 Å². The molecule has 0 aliphatic carbocycles. The van der Waals surface area contributed by atoms with E-state index in [-0.39, 0.29) is 11.8 Å². The first-order valence-corrected chi connectivity index (χ1v) is 7.97.